The first-order chi connectivity index (χ1) is 17.1. The summed E-state index contributed by atoms with van der Waals surface area (Å²) in [6.07, 6.45) is 1.54. The first-order valence-electron chi connectivity index (χ1n) is 11.6. The second kappa shape index (κ2) is 9.18. The summed E-state index contributed by atoms with van der Waals surface area (Å²) < 4.78 is 26.3. The number of nitrogens with one attached hydrogen (secondary N) is 1. The molecule has 4 aromatic rings. The van der Waals surface area contributed by atoms with Gasteiger partial charge in [-0.15, -0.1) is 11.3 Å². The lowest BCUT2D eigenvalue weighted by Gasteiger charge is -2.29. The van der Waals surface area contributed by atoms with Gasteiger partial charge in [-0.3, -0.25) is 9.59 Å². The molecule has 3 heterocycles. The number of amides is 1. The van der Waals surface area contributed by atoms with Gasteiger partial charge in [0.1, 0.15) is 0 Å². The number of aromatic nitrogens is 2. The van der Waals surface area contributed by atoms with Gasteiger partial charge in [-0.2, -0.15) is 0 Å². The largest absolute Gasteiger partial charge is 0.353 e. The first kappa shape index (κ1) is 24.2. The minimum atomic E-state index is -3.36. The van der Waals surface area contributed by atoms with E-state index in [-0.39, 0.29) is 28.9 Å². The van der Waals surface area contributed by atoms with Crippen molar-refractivity contribution in [2.24, 2.45) is 0 Å². The van der Waals surface area contributed by atoms with Gasteiger partial charge in [-0.05, 0) is 62.1 Å². The Labute approximate surface area is 213 Å². The molecular weight excluding hydrogens is 496 g/mol. The van der Waals surface area contributed by atoms with Gasteiger partial charge in [-0.1, -0.05) is 18.2 Å². The van der Waals surface area contributed by atoms with Crippen LogP contribution in [-0.4, -0.2) is 47.6 Å². The number of hydrogen-bond acceptors (Lipinski definition) is 7. The summed E-state index contributed by atoms with van der Waals surface area (Å²) in [6.45, 7) is 4.55. The van der Waals surface area contributed by atoms with Crippen LogP contribution in [0.25, 0.3) is 15.8 Å². The summed E-state index contributed by atoms with van der Waals surface area (Å²) in [7, 11) is -3.36. The average Bonchev–Trinajstić information content (AvgIpc) is 3.27. The van der Waals surface area contributed by atoms with E-state index in [0.29, 0.717) is 40.7 Å². The number of carbonyl (C=O) groups excluding carboxylic acids is 1. The molecule has 0 atom stereocenters. The monoisotopic (exact) mass is 522 g/mol. The number of carbonyl (C=O) groups is 1. The number of thiophene rings is 1. The van der Waals surface area contributed by atoms with Crippen molar-refractivity contribution < 1.29 is 13.2 Å². The van der Waals surface area contributed by atoms with Crippen molar-refractivity contribution in [2.45, 2.75) is 37.8 Å². The van der Waals surface area contributed by atoms with Crippen molar-refractivity contribution in [1.82, 2.24) is 14.5 Å². The van der Waals surface area contributed by atoms with E-state index in [0.717, 1.165) is 16.3 Å². The normalized spacial score (nSPS) is 13.7. The third-order valence-corrected chi connectivity index (χ3v) is 8.33. The summed E-state index contributed by atoms with van der Waals surface area (Å²) in [5, 5.41) is 4.27. The Kier molecular flexibility index (Phi) is 6.17. The van der Waals surface area contributed by atoms with Crippen LogP contribution >= 0.6 is 11.3 Å². The number of anilines is 1. The quantitative estimate of drug-likeness (QED) is 0.427. The molecule has 8 nitrogen and oxygen atoms in total. The molecule has 0 spiro atoms. The average molecular weight is 523 g/mol. The Balaban J connectivity index is 1.52. The van der Waals surface area contributed by atoms with Crippen LogP contribution in [0.2, 0.25) is 0 Å². The summed E-state index contributed by atoms with van der Waals surface area (Å²) >= 11 is 1.46. The maximum atomic E-state index is 13.6. The molecule has 0 unspecified atom stereocenters. The number of benzene rings is 2. The van der Waals surface area contributed by atoms with Gasteiger partial charge >= 0.3 is 0 Å². The summed E-state index contributed by atoms with van der Waals surface area (Å²) in [5.74, 6) is 0.291. The third-order valence-electron chi connectivity index (χ3n) is 6.10. The topological polar surface area (TPSA) is 101 Å². The van der Waals surface area contributed by atoms with E-state index < -0.39 is 9.84 Å². The van der Waals surface area contributed by atoms with Gasteiger partial charge in [-0.25, -0.2) is 18.0 Å². The van der Waals surface area contributed by atoms with Crippen molar-refractivity contribution >= 4 is 43.1 Å². The van der Waals surface area contributed by atoms with E-state index in [9.17, 15) is 18.0 Å². The number of nitrogens with zero attached hydrogens (tertiary/aromatic N) is 3. The van der Waals surface area contributed by atoms with Crippen LogP contribution in [0.5, 0.6) is 0 Å². The fourth-order valence-electron chi connectivity index (χ4n) is 4.34. The number of rotatable bonds is 5. The highest BCUT2D eigenvalue weighted by Gasteiger charge is 2.28. The highest BCUT2D eigenvalue weighted by atomic mass is 32.2. The minimum absolute atomic E-state index is 0.00336. The molecule has 0 bridgehead atoms. The second-order valence-corrected chi connectivity index (χ2v) is 12.3. The van der Waals surface area contributed by atoms with E-state index in [4.69, 9.17) is 4.98 Å². The van der Waals surface area contributed by atoms with E-state index in [1.54, 1.807) is 17.0 Å². The molecule has 1 amide bonds. The van der Waals surface area contributed by atoms with E-state index in [1.165, 1.54) is 28.0 Å². The zero-order valence-electron chi connectivity index (χ0n) is 20.2. The van der Waals surface area contributed by atoms with E-state index in [1.807, 2.05) is 44.2 Å². The molecule has 1 N–H and O–H groups in total. The predicted octanol–water partition coefficient (Wildman–Crippen LogP) is 3.87. The van der Waals surface area contributed by atoms with Gasteiger partial charge in [0, 0.05) is 29.1 Å². The molecule has 5 rings (SSSR count). The number of hydrogen-bond donors (Lipinski definition) is 1. The Morgan fingerprint density at radius 3 is 2.50 bits per heavy atom. The molecule has 1 aliphatic heterocycles. The highest BCUT2D eigenvalue weighted by Crippen LogP contribution is 2.28. The van der Waals surface area contributed by atoms with Gasteiger partial charge in [0.2, 0.25) is 5.95 Å². The Hall–Kier alpha value is -3.50. The van der Waals surface area contributed by atoms with Crippen LogP contribution in [0, 0.1) is 0 Å². The smallest absolute Gasteiger partial charge is 0.264 e. The van der Waals surface area contributed by atoms with Crippen LogP contribution in [0.3, 0.4) is 0 Å². The van der Waals surface area contributed by atoms with E-state index in [2.05, 4.69) is 5.32 Å². The SMILES string of the molecule is CC(C)Nc1nc2c(c(=O)n1-c1ccc(S(C)(=O)=O)cc1)CCN(C(=O)c1cc3ccccc3s1)C2. The zero-order valence-corrected chi connectivity index (χ0v) is 21.8. The highest BCUT2D eigenvalue weighted by molar-refractivity contribution is 7.90. The molecule has 36 heavy (non-hydrogen) atoms. The summed E-state index contributed by atoms with van der Waals surface area (Å²) in [4.78, 5) is 34.3. The van der Waals surface area contributed by atoms with Gasteiger partial charge in [0.15, 0.2) is 9.84 Å². The Bertz CT molecular complexity index is 1600. The van der Waals surface area contributed by atoms with Crippen LogP contribution in [0.4, 0.5) is 5.95 Å². The lowest BCUT2D eigenvalue weighted by atomic mass is 10.1. The second-order valence-electron chi connectivity index (χ2n) is 9.19. The maximum Gasteiger partial charge on any atom is 0.264 e. The lowest BCUT2D eigenvalue weighted by molar-refractivity contribution is 0.0736. The van der Waals surface area contributed by atoms with Gasteiger partial charge in [0.05, 0.1) is 27.7 Å². The molecule has 0 radical (unpaired) electrons. The van der Waals surface area contributed by atoms with Crippen molar-refractivity contribution in [2.75, 3.05) is 18.1 Å². The first-order valence-corrected chi connectivity index (χ1v) is 14.3. The number of fused-ring (bicyclic) bond motifs is 2. The summed E-state index contributed by atoms with van der Waals surface area (Å²) in [6, 6.07) is 16.0. The van der Waals surface area contributed by atoms with Crippen molar-refractivity contribution in [3.63, 3.8) is 0 Å². The standard InChI is InChI=1S/C26H26N4O4S2/c1-16(2)27-26-28-21-15-29(25(32)23-14-17-6-4-5-7-22(17)35-23)13-12-20(21)24(31)30(26)18-8-10-19(11-9-18)36(3,33)34/h4-11,14,16H,12-13,15H2,1-3H3,(H,27,28). The Morgan fingerprint density at radius 2 is 1.83 bits per heavy atom. The van der Waals surface area contributed by atoms with Gasteiger partial charge < -0.3 is 10.2 Å². The molecule has 2 aromatic heterocycles. The van der Waals surface area contributed by atoms with E-state index >= 15 is 0 Å². The molecule has 2 aromatic carbocycles. The fourth-order valence-corrected chi connectivity index (χ4v) is 6.00. The predicted molar refractivity (Wildman–Crippen MR) is 142 cm³/mol. The van der Waals surface area contributed by atoms with Crippen molar-refractivity contribution in [3.05, 3.63) is 81.1 Å². The van der Waals surface area contributed by atoms with Gasteiger partial charge in [0.25, 0.3) is 11.5 Å². The maximum absolute atomic E-state index is 13.6. The molecule has 0 aliphatic carbocycles. The molecule has 1 aliphatic rings. The molecule has 0 saturated carbocycles. The lowest BCUT2D eigenvalue weighted by Crippen LogP contribution is -2.40. The fraction of sp³-hybridized carbons (Fsp3) is 0.269. The molecular formula is C26H26N4O4S2. The molecule has 0 fully saturated rings. The van der Waals surface area contributed by atoms with Crippen LogP contribution in [0.15, 0.2) is 64.3 Å². The van der Waals surface area contributed by atoms with Crippen molar-refractivity contribution in [3.8, 4) is 5.69 Å². The molecule has 10 heteroatoms. The van der Waals surface area contributed by atoms with Crippen LogP contribution < -0.4 is 10.9 Å². The number of sulfone groups is 1. The molecule has 186 valence electrons. The molecule has 0 saturated heterocycles. The van der Waals surface area contributed by atoms with Crippen LogP contribution in [-0.2, 0) is 22.8 Å². The third kappa shape index (κ3) is 4.54. The Morgan fingerprint density at radius 1 is 1.11 bits per heavy atom. The summed E-state index contributed by atoms with van der Waals surface area (Å²) in [5.41, 5.74) is 1.45. The minimum Gasteiger partial charge on any atom is -0.353 e. The zero-order chi connectivity index (χ0) is 25.6. The van der Waals surface area contributed by atoms with Crippen molar-refractivity contribution in [1.29, 1.82) is 0 Å². The van der Waals surface area contributed by atoms with Crippen LogP contribution in [0.1, 0.15) is 34.8 Å².